The lowest BCUT2D eigenvalue weighted by Crippen LogP contribution is -2.13. The van der Waals surface area contributed by atoms with Gasteiger partial charge in [0, 0.05) is 23.4 Å². The van der Waals surface area contributed by atoms with Crippen molar-refractivity contribution in [3.05, 3.63) is 59.7 Å². The van der Waals surface area contributed by atoms with Gasteiger partial charge in [0.2, 0.25) is 0 Å². The lowest BCUT2D eigenvalue weighted by molar-refractivity contribution is 0.299. The quantitative estimate of drug-likeness (QED) is 0.897. The van der Waals surface area contributed by atoms with Gasteiger partial charge in [0.25, 0.3) is 0 Å². The van der Waals surface area contributed by atoms with E-state index in [0.717, 1.165) is 11.3 Å². The fourth-order valence-electron chi connectivity index (χ4n) is 1.82. The number of nitrogens with zero attached hydrogens (tertiary/aromatic N) is 1. The van der Waals surface area contributed by atoms with Crippen LogP contribution in [0.3, 0.4) is 0 Å². The first-order chi connectivity index (χ1) is 9.20. The topological polar surface area (TPSA) is 34.1 Å². The molecule has 1 atom stereocenters. The molecule has 0 saturated carbocycles. The maximum Gasteiger partial charge on any atom is 0.141 e. The summed E-state index contributed by atoms with van der Waals surface area (Å²) >= 11 is 0. The third kappa shape index (κ3) is 3.51. The van der Waals surface area contributed by atoms with E-state index in [0.29, 0.717) is 12.2 Å². The Morgan fingerprint density at radius 2 is 2.11 bits per heavy atom. The van der Waals surface area contributed by atoms with Gasteiger partial charge in [-0.1, -0.05) is 18.2 Å². The number of nitrogens with one attached hydrogen (secondary N) is 1. The van der Waals surface area contributed by atoms with E-state index < -0.39 is 0 Å². The minimum absolute atomic E-state index is 0.196. The summed E-state index contributed by atoms with van der Waals surface area (Å²) in [7, 11) is 1.90. The minimum Gasteiger partial charge on any atom is -0.489 e. The molecule has 3 nitrogen and oxygen atoms in total. The molecule has 0 aliphatic heterocycles. The van der Waals surface area contributed by atoms with E-state index in [4.69, 9.17) is 4.74 Å². The first-order valence-corrected chi connectivity index (χ1v) is 6.19. The molecule has 0 fully saturated rings. The molecule has 0 saturated heterocycles. The molecular weight excluding hydrogens is 243 g/mol. The SMILES string of the molecule is CNC(C)c1ccccc1OCc1cncc(F)c1. The van der Waals surface area contributed by atoms with Crippen LogP contribution in [0.2, 0.25) is 0 Å². The Bertz CT molecular complexity index is 545. The van der Waals surface area contributed by atoms with Gasteiger partial charge in [-0.15, -0.1) is 0 Å². The van der Waals surface area contributed by atoms with Gasteiger partial charge in [0.1, 0.15) is 18.2 Å². The lowest BCUT2D eigenvalue weighted by Gasteiger charge is -2.16. The van der Waals surface area contributed by atoms with Gasteiger partial charge in [0.15, 0.2) is 0 Å². The summed E-state index contributed by atoms with van der Waals surface area (Å²) < 4.78 is 18.8. The van der Waals surface area contributed by atoms with Crippen molar-refractivity contribution in [3.63, 3.8) is 0 Å². The average molecular weight is 260 g/mol. The van der Waals surface area contributed by atoms with Crippen LogP contribution in [0.5, 0.6) is 5.75 Å². The summed E-state index contributed by atoms with van der Waals surface area (Å²) in [6.07, 6.45) is 2.79. The maximum atomic E-state index is 13.0. The van der Waals surface area contributed by atoms with E-state index >= 15 is 0 Å². The Morgan fingerprint density at radius 1 is 1.32 bits per heavy atom. The molecule has 0 spiro atoms. The van der Waals surface area contributed by atoms with E-state index in [1.807, 2.05) is 31.3 Å². The van der Waals surface area contributed by atoms with Gasteiger partial charge < -0.3 is 10.1 Å². The van der Waals surface area contributed by atoms with Gasteiger partial charge in [-0.2, -0.15) is 0 Å². The summed E-state index contributed by atoms with van der Waals surface area (Å²) in [6.45, 7) is 2.37. The zero-order valence-electron chi connectivity index (χ0n) is 11.1. The highest BCUT2D eigenvalue weighted by atomic mass is 19.1. The standard InChI is InChI=1S/C15H17FN2O/c1-11(17-2)14-5-3-4-6-15(14)19-10-12-7-13(16)9-18-8-12/h3-9,11,17H,10H2,1-2H3. The van der Waals surface area contributed by atoms with Gasteiger partial charge >= 0.3 is 0 Å². The predicted octanol–water partition coefficient (Wildman–Crippen LogP) is 3.08. The number of hydrogen-bond donors (Lipinski definition) is 1. The molecule has 0 radical (unpaired) electrons. The molecule has 0 aliphatic carbocycles. The minimum atomic E-state index is -0.349. The van der Waals surface area contributed by atoms with Crippen LogP contribution in [-0.4, -0.2) is 12.0 Å². The molecule has 0 bridgehead atoms. The third-order valence-corrected chi connectivity index (χ3v) is 2.97. The Labute approximate surface area is 112 Å². The van der Waals surface area contributed by atoms with Crippen molar-refractivity contribution in [3.8, 4) is 5.75 Å². The van der Waals surface area contributed by atoms with E-state index in [2.05, 4.69) is 17.2 Å². The monoisotopic (exact) mass is 260 g/mol. The molecule has 1 heterocycles. The third-order valence-electron chi connectivity index (χ3n) is 2.97. The van der Waals surface area contributed by atoms with Crippen molar-refractivity contribution in [2.24, 2.45) is 0 Å². The molecule has 2 aromatic rings. The van der Waals surface area contributed by atoms with Crippen LogP contribution in [0.1, 0.15) is 24.1 Å². The molecule has 0 amide bonds. The van der Waals surface area contributed by atoms with Crippen molar-refractivity contribution in [2.75, 3.05) is 7.05 Å². The molecule has 1 unspecified atom stereocenters. The van der Waals surface area contributed by atoms with E-state index in [1.54, 1.807) is 6.20 Å². The van der Waals surface area contributed by atoms with Crippen molar-refractivity contribution in [1.82, 2.24) is 10.3 Å². The Kier molecular flexibility index (Phi) is 4.47. The fourth-order valence-corrected chi connectivity index (χ4v) is 1.82. The van der Waals surface area contributed by atoms with Crippen molar-refractivity contribution >= 4 is 0 Å². The number of ether oxygens (including phenoxy) is 1. The second-order valence-electron chi connectivity index (χ2n) is 4.35. The first kappa shape index (κ1) is 13.5. The molecule has 4 heteroatoms. The maximum absolute atomic E-state index is 13.0. The second kappa shape index (κ2) is 6.29. The molecule has 100 valence electrons. The second-order valence-corrected chi connectivity index (χ2v) is 4.35. The molecule has 2 rings (SSSR count). The van der Waals surface area contributed by atoms with Crippen molar-refractivity contribution in [1.29, 1.82) is 0 Å². The molecule has 0 aliphatic rings. The lowest BCUT2D eigenvalue weighted by atomic mass is 10.1. The summed E-state index contributed by atoms with van der Waals surface area (Å²) in [5.74, 6) is 0.451. The zero-order valence-corrected chi connectivity index (χ0v) is 11.1. The number of benzene rings is 1. The van der Waals surface area contributed by atoms with Crippen LogP contribution in [0.4, 0.5) is 4.39 Å². The van der Waals surface area contributed by atoms with Gasteiger partial charge in [-0.05, 0) is 26.1 Å². The van der Waals surface area contributed by atoms with Crippen LogP contribution in [0, 0.1) is 5.82 Å². The van der Waals surface area contributed by atoms with Gasteiger partial charge in [-0.25, -0.2) is 4.39 Å². The number of halogens is 1. The molecule has 1 N–H and O–H groups in total. The van der Waals surface area contributed by atoms with Gasteiger partial charge in [0.05, 0.1) is 6.20 Å². The van der Waals surface area contributed by atoms with Crippen LogP contribution in [0.15, 0.2) is 42.7 Å². The highest BCUT2D eigenvalue weighted by Gasteiger charge is 2.09. The van der Waals surface area contributed by atoms with E-state index in [1.165, 1.54) is 12.3 Å². The number of rotatable bonds is 5. The van der Waals surface area contributed by atoms with E-state index in [-0.39, 0.29) is 11.9 Å². The Morgan fingerprint density at radius 3 is 2.84 bits per heavy atom. The molecular formula is C15H17FN2O. The molecule has 19 heavy (non-hydrogen) atoms. The summed E-state index contributed by atoms with van der Waals surface area (Å²) in [6, 6.07) is 9.44. The average Bonchev–Trinajstić information content (AvgIpc) is 2.45. The van der Waals surface area contributed by atoms with Crippen LogP contribution < -0.4 is 10.1 Å². The number of pyridine rings is 1. The number of hydrogen-bond acceptors (Lipinski definition) is 3. The number of para-hydroxylation sites is 1. The molecule has 1 aromatic heterocycles. The van der Waals surface area contributed by atoms with Crippen LogP contribution in [-0.2, 0) is 6.61 Å². The Hall–Kier alpha value is -1.94. The largest absolute Gasteiger partial charge is 0.489 e. The summed E-state index contributed by atoms with van der Waals surface area (Å²) in [5.41, 5.74) is 1.79. The van der Waals surface area contributed by atoms with Crippen LogP contribution in [0.25, 0.3) is 0 Å². The highest BCUT2D eigenvalue weighted by molar-refractivity contribution is 5.35. The summed E-state index contributed by atoms with van der Waals surface area (Å²) in [4.78, 5) is 3.80. The smallest absolute Gasteiger partial charge is 0.141 e. The van der Waals surface area contributed by atoms with E-state index in [9.17, 15) is 4.39 Å². The fraction of sp³-hybridized carbons (Fsp3) is 0.267. The van der Waals surface area contributed by atoms with Crippen molar-refractivity contribution < 1.29 is 9.13 Å². The van der Waals surface area contributed by atoms with Crippen molar-refractivity contribution in [2.45, 2.75) is 19.6 Å². The highest BCUT2D eigenvalue weighted by Crippen LogP contribution is 2.25. The first-order valence-electron chi connectivity index (χ1n) is 6.19. The normalized spacial score (nSPS) is 12.2. The predicted molar refractivity (Wildman–Crippen MR) is 72.4 cm³/mol. The number of aromatic nitrogens is 1. The molecule has 1 aromatic carbocycles. The zero-order chi connectivity index (χ0) is 13.7. The summed E-state index contributed by atoms with van der Waals surface area (Å²) in [5, 5.41) is 3.18. The van der Waals surface area contributed by atoms with Gasteiger partial charge in [-0.3, -0.25) is 4.98 Å². The Balaban J connectivity index is 2.11. The van der Waals surface area contributed by atoms with Crippen LogP contribution >= 0.6 is 0 Å².